The molecule has 21 heavy (non-hydrogen) atoms. The van der Waals surface area contributed by atoms with E-state index in [1.54, 1.807) is 7.11 Å². The van der Waals surface area contributed by atoms with Gasteiger partial charge in [0.2, 0.25) is 0 Å². The lowest BCUT2D eigenvalue weighted by Crippen LogP contribution is -2.35. The fourth-order valence-corrected chi connectivity index (χ4v) is 4.73. The van der Waals surface area contributed by atoms with E-state index in [0.717, 1.165) is 5.75 Å². The first-order valence-electron chi connectivity index (χ1n) is 8.01. The van der Waals surface area contributed by atoms with Crippen LogP contribution in [-0.4, -0.2) is 14.2 Å². The van der Waals surface area contributed by atoms with E-state index in [4.69, 9.17) is 4.74 Å². The van der Waals surface area contributed by atoms with Gasteiger partial charge in [-0.1, -0.05) is 35.7 Å². The lowest BCUT2D eigenvalue weighted by Gasteiger charge is -2.39. The van der Waals surface area contributed by atoms with Crippen molar-refractivity contribution in [2.45, 2.75) is 58.9 Å². The smallest absolute Gasteiger partial charge is 0.126 e. The summed E-state index contributed by atoms with van der Waals surface area (Å²) in [5.41, 5.74) is 4.21. The minimum Gasteiger partial charge on any atom is -0.496 e. The van der Waals surface area contributed by atoms with Crippen LogP contribution < -0.4 is 10.1 Å². The Hall–Kier alpha value is -0.540. The van der Waals surface area contributed by atoms with Gasteiger partial charge < -0.3 is 10.1 Å². The first-order chi connectivity index (χ1) is 10.0. The molecule has 1 saturated carbocycles. The Morgan fingerprint density at radius 1 is 1.33 bits per heavy atom. The van der Waals surface area contributed by atoms with Crippen LogP contribution in [0.4, 0.5) is 0 Å². The molecule has 118 valence electrons. The van der Waals surface area contributed by atoms with Gasteiger partial charge in [-0.15, -0.1) is 0 Å². The predicted molar refractivity (Wildman–Crippen MR) is 93.2 cm³/mol. The summed E-state index contributed by atoms with van der Waals surface area (Å²) in [4.78, 5) is 0. The van der Waals surface area contributed by atoms with Gasteiger partial charge >= 0.3 is 0 Å². The highest BCUT2D eigenvalue weighted by Crippen LogP contribution is 2.53. The van der Waals surface area contributed by atoms with Gasteiger partial charge in [-0.25, -0.2) is 0 Å². The third-order valence-electron chi connectivity index (χ3n) is 5.41. The Bertz CT molecular complexity index is 506. The van der Waals surface area contributed by atoms with E-state index in [1.807, 2.05) is 0 Å². The number of hydrogen-bond acceptors (Lipinski definition) is 2. The van der Waals surface area contributed by atoms with E-state index >= 15 is 0 Å². The van der Waals surface area contributed by atoms with Gasteiger partial charge in [-0.05, 0) is 62.8 Å². The standard InChI is InChI=1S/C18H28BrNO/c1-6-18(9-7-8-10-18)17(20-4)15-13(3)14(19)11-12(2)16(15)21-5/h11,17,20H,6-10H2,1-5H3. The second kappa shape index (κ2) is 6.70. The maximum Gasteiger partial charge on any atom is 0.126 e. The number of methoxy groups -OCH3 is 1. The number of aryl methyl sites for hydroxylation is 1. The average Bonchev–Trinajstić information content (AvgIpc) is 2.95. The molecule has 3 heteroatoms. The summed E-state index contributed by atoms with van der Waals surface area (Å²) >= 11 is 3.72. The van der Waals surface area contributed by atoms with Crippen LogP contribution in [0.25, 0.3) is 0 Å². The molecular weight excluding hydrogens is 326 g/mol. The van der Waals surface area contributed by atoms with E-state index in [1.165, 1.54) is 53.3 Å². The Morgan fingerprint density at radius 3 is 2.43 bits per heavy atom. The van der Waals surface area contributed by atoms with Crippen molar-refractivity contribution in [1.29, 1.82) is 0 Å². The van der Waals surface area contributed by atoms with E-state index in [2.05, 4.69) is 55.1 Å². The molecule has 0 heterocycles. The van der Waals surface area contributed by atoms with Crippen LogP contribution in [-0.2, 0) is 0 Å². The zero-order valence-electron chi connectivity index (χ0n) is 14.0. The van der Waals surface area contributed by atoms with E-state index in [9.17, 15) is 0 Å². The third kappa shape index (κ3) is 2.87. The molecule has 1 aliphatic carbocycles. The Labute approximate surface area is 137 Å². The summed E-state index contributed by atoms with van der Waals surface area (Å²) in [5, 5.41) is 3.62. The number of nitrogens with one attached hydrogen (secondary N) is 1. The third-order valence-corrected chi connectivity index (χ3v) is 6.23. The van der Waals surface area contributed by atoms with Crippen molar-refractivity contribution in [3.05, 3.63) is 27.2 Å². The summed E-state index contributed by atoms with van der Waals surface area (Å²) in [5.74, 6) is 1.05. The summed E-state index contributed by atoms with van der Waals surface area (Å²) in [6.07, 6.45) is 6.53. The highest BCUT2D eigenvalue weighted by molar-refractivity contribution is 9.10. The first-order valence-corrected chi connectivity index (χ1v) is 8.81. The molecule has 1 N–H and O–H groups in total. The first kappa shape index (κ1) is 16.8. The summed E-state index contributed by atoms with van der Waals surface area (Å²) in [6, 6.07) is 2.52. The minimum absolute atomic E-state index is 0.358. The van der Waals surface area contributed by atoms with Crippen LogP contribution in [0, 0.1) is 19.3 Å². The van der Waals surface area contributed by atoms with Crippen molar-refractivity contribution in [1.82, 2.24) is 5.32 Å². The van der Waals surface area contributed by atoms with Crippen molar-refractivity contribution in [2.75, 3.05) is 14.2 Å². The van der Waals surface area contributed by atoms with Crippen LogP contribution in [0.15, 0.2) is 10.5 Å². The van der Waals surface area contributed by atoms with Crippen LogP contribution in [0.2, 0.25) is 0 Å². The van der Waals surface area contributed by atoms with Crippen molar-refractivity contribution >= 4 is 15.9 Å². The molecule has 1 aromatic carbocycles. The minimum atomic E-state index is 0.358. The molecule has 0 radical (unpaired) electrons. The summed E-state index contributed by atoms with van der Waals surface area (Å²) in [6.45, 7) is 6.67. The Balaban J connectivity index is 2.61. The maximum absolute atomic E-state index is 5.78. The number of halogens is 1. The maximum atomic E-state index is 5.78. The van der Waals surface area contributed by atoms with Gasteiger partial charge in [0.15, 0.2) is 0 Å². The quantitative estimate of drug-likeness (QED) is 0.774. The fourth-order valence-electron chi connectivity index (χ4n) is 4.18. The molecule has 1 fully saturated rings. The lowest BCUT2D eigenvalue weighted by atomic mass is 9.72. The molecule has 1 unspecified atom stereocenters. The number of ether oxygens (including phenoxy) is 1. The number of benzene rings is 1. The van der Waals surface area contributed by atoms with Crippen molar-refractivity contribution in [2.24, 2.45) is 5.41 Å². The summed E-state index contributed by atoms with van der Waals surface area (Å²) < 4.78 is 6.96. The van der Waals surface area contributed by atoms with Gasteiger partial charge in [0.05, 0.1) is 7.11 Å². The highest BCUT2D eigenvalue weighted by atomic mass is 79.9. The van der Waals surface area contributed by atoms with Gasteiger partial charge in [-0.2, -0.15) is 0 Å². The molecule has 0 spiro atoms. The molecule has 2 nitrogen and oxygen atoms in total. The zero-order chi connectivity index (χ0) is 15.6. The van der Waals surface area contributed by atoms with Crippen molar-refractivity contribution < 1.29 is 4.74 Å². The fraction of sp³-hybridized carbons (Fsp3) is 0.667. The molecule has 0 aliphatic heterocycles. The molecule has 0 bridgehead atoms. The number of rotatable bonds is 5. The van der Waals surface area contributed by atoms with Gasteiger partial charge in [0.25, 0.3) is 0 Å². The molecule has 2 rings (SSSR count). The van der Waals surface area contributed by atoms with Gasteiger partial charge in [0.1, 0.15) is 5.75 Å². The molecular formula is C18H28BrNO. The molecule has 0 saturated heterocycles. The second-order valence-electron chi connectivity index (χ2n) is 6.39. The van der Waals surface area contributed by atoms with E-state index in [0.29, 0.717) is 11.5 Å². The molecule has 1 aliphatic rings. The average molecular weight is 354 g/mol. The highest BCUT2D eigenvalue weighted by Gasteiger charge is 2.42. The topological polar surface area (TPSA) is 21.3 Å². The van der Waals surface area contributed by atoms with Crippen LogP contribution >= 0.6 is 15.9 Å². The van der Waals surface area contributed by atoms with E-state index in [-0.39, 0.29) is 0 Å². The SMILES string of the molecule is CCC1(C(NC)c2c(C)c(Br)cc(C)c2OC)CCCC1. The lowest BCUT2D eigenvalue weighted by molar-refractivity contribution is 0.191. The summed E-state index contributed by atoms with van der Waals surface area (Å²) in [7, 11) is 3.88. The largest absolute Gasteiger partial charge is 0.496 e. The number of hydrogen-bond donors (Lipinski definition) is 1. The monoisotopic (exact) mass is 353 g/mol. The van der Waals surface area contributed by atoms with Crippen LogP contribution in [0.1, 0.15) is 61.8 Å². The Morgan fingerprint density at radius 2 is 1.95 bits per heavy atom. The van der Waals surface area contributed by atoms with Gasteiger partial charge in [0, 0.05) is 16.1 Å². The Kier molecular flexibility index (Phi) is 5.37. The molecule has 0 amide bonds. The predicted octanol–water partition coefficient (Wildman–Crippen LogP) is 5.31. The molecule has 1 aromatic rings. The van der Waals surface area contributed by atoms with Crippen molar-refractivity contribution in [3.8, 4) is 5.75 Å². The second-order valence-corrected chi connectivity index (χ2v) is 7.25. The van der Waals surface area contributed by atoms with Crippen LogP contribution in [0.3, 0.4) is 0 Å². The van der Waals surface area contributed by atoms with Gasteiger partial charge in [-0.3, -0.25) is 0 Å². The van der Waals surface area contributed by atoms with E-state index < -0.39 is 0 Å². The normalized spacial score (nSPS) is 18.8. The molecule has 1 atom stereocenters. The zero-order valence-corrected chi connectivity index (χ0v) is 15.6. The van der Waals surface area contributed by atoms with Crippen molar-refractivity contribution in [3.63, 3.8) is 0 Å². The van der Waals surface area contributed by atoms with Crippen LogP contribution in [0.5, 0.6) is 5.75 Å². The molecule has 0 aromatic heterocycles.